The number of phenolic OH excluding ortho intramolecular Hbond substituents is 1. The highest BCUT2D eigenvalue weighted by Gasteiger charge is 2.30. The molecule has 1 saturated carbocycles. The maximum atomic E-state index is 9.71. The van der Waals surface area contributed by atoms with Gasteiger partial charge in [-0.1, -0.05) is 12.1 Å². The molecule has 0 bridgehead atoms. The molecule has 7 nitrogen and oxygen atoms in total. The summed E-state index contributed by atoms with van der Waals surface area (Å²) in [5.41, 5.74) is 1.78. The highest BCUT2D eigenvalue weighted by atomic mass is 16.5. The molecule has 0 spiro atoms. The fourth-order valence-corrected chi connectivity index (χ4v) is 3.34. The molecule has 25 heavy (non-hydrogen) atoms. The van der Waals surface area contributed by atoms with Gasteiger partial charge in [0.1, 0.15) is 17.7 Å². The molecule has 3 heterocycles. The zero-order chi connectivity index (χ0) is 16.8. The van der Waals surface area contributed by atoms with Gasteiger partial charge in [-0.05, 0) is 42.7 Å². The van der Waals surface area contributed by atoms with Crippen LogP contribution in [-0.4, -0.2) is 44.6 Å². The average molecular weight is 337 g/mol. The second-order valence-electron chi connectivity index (χ2n) is 6.69. The number of morpholine rings is 1. The van der Waals surface area contributed by atoms with Crippen molar-refractivity contribution in [2.45, 2.75) is 24.9 Å². The van der Waals surface area contributed by atoms with E-state index >= 15 is 0 Å². The van der Waals surface area contributed by atoms with Gasteiger partial charge in [0.2, 0.25) is 0 Å². The Kier molecular flexibility index (Phi) is 3.34. The third kappa shape index (κ3) is 2.70. The lowest BCUT2D eigenvalue weighted by atomic mass is 10.1. The topological polar surface area (TPSA) is 75.8 Å². The first-order valence-electron chi connectivity index (χ1n) is 8.66. The number of anilines is 1. The van der Waals surface area contributed by atoms with Crippen LogP contribution in [-0.2, 0) is 4.74 Å². The van der Waals surface area contributed by atoms with Gasteiger partial charge in [-0.2, -0.15) is 4.52 Å². The van der Waals surface area contributed by atoms with Crippen molar-refractivity contribution < 1.29 is 9.84 Å². The van der Waals surface area contributed by atoms with Gasteiger partial charge in [0.05, 0.1) is 6.61 Å². The standard InChI is InChI=1S/C18H19N5O2/c24-14-3-1-2-13(10-14)15-11-22(8-9-25-15)17-7-6-16-19-20-18(12-4-5-12)23(16)21-17/h1-3,6-7,10,12,15,24H,4-5,8-9,11H2/t15-/m1/s1. The summed E-state index contributed by atoms with van der Waals surface area (Å²) in [6.07, 6.45) is 2.26. The fourth-order valence-electron chi connectivity index (χ4n) is 3.34. The summed E-state index contributed by atoms with van der Waals surface area (Å²) in [6, 6.07) is 11.2. The van der Waals surface area contributed by atoms with Gasteiger partial charge >= 0.3 is 0 Å². The molecule has 1 aromatic carbocycles. The molecule has 2 aromatic heterocycles. The van der Waals surface area contributed by atoms with Crippen molar-refractivity contribution in [1.82, 2.24) is 19.8 Å². The Labute approximate surface area is 144 Å². The second-order valence-corrected chi connectivity index (χ2v) is 6.69. The molecule has 1 N–H and O–H groups in total. The molecule has 1 saturated heterocycles. The largest absolute Gasteiger partial charge is 0.508 e. The van der Waals surface area contributed by atoms with Gasteiger partial charge in [-0.25, -0.2) is 0 Å². The Morgan fingerprint density at radius 3 is 2.88 bits per heavy atom. The first kappa shape index (κ1) is 14.7. The molecule has 7 heteroatoms. The molecule has 5 rings (SSSR count). The van der Waals surface area contributed by atoms with Gasteiger partial charge in [-0.15, -0.1) is 15.3 Å². The maximum absolute atomic E-state index is 9.71. The smallest absolute Gasteiger partial charge is 0.178 e. The van der Waals surface area contributed by atoms with Gasteiger partial charge < -0.3 is 14.7 Å². The third-order valence-electron chi connectivity index (χ3n) is 4.85. The number of phenols is 1. The van der Waals surface area contributed by atoms with Crippen LogP contribution in [0.2, 0.25) is 0 Å². The van der Waals surface area contributed by atoms with Crippen molar-refractivity contribution in [3.05, 3.63) is 47.8 Å². The Morgan fingerprint density at radius 2 is 2.04 bits per heavy atom. The van der Waals surface area contributed by atoms with Crippen molar-refractivity contribution in [3.8, 4) is 5.75 Å². The molecule has 1 aliphatic carbocycles. The van der Waals surface area contributed by atoms with Crippen LogP contribution >= 0.6 is 0 Å². The van der Waals surface area contributed by atoms with E-state index < -0.39 is 0 Å². The van der Waals surface area contributed by atoms with Crippen LogP contribution in [0.1, 0.15) is 36.3 Å². The summed E-state index contributed by atoms with van der Waals surface area (Å²) < 4.78 is 7.78. The van der Waals surface area contributed by atoms with E-state index in [-0.39, 0.29) is 11.9 Å². The van der Waals surface area contributed by atoms with Crippen LogP contribution in [0.4, 0.5) is 5.82 Å². The lowest BCUT2D eigenvalue weighted by molar-refractivity contribution is 0.0393. The summed E-state index contributed by atoms with van der Waals surface area (Å²) in [6.45, 7) is 2.11. The van der Waals surface area contributed by atoms with Crippen LogP contribution in [0.3, 0.4) is 0 Å². The number of fused-ring (bicyclic) bond motifs is 1. The molecule has 2 aliphatic rings. The van der Waals surface area contributed by atoms with E-state index in [9.17, 15) is 5.11 Å². The molecule has 128 valence electrons. The van der Waals surface area contributed by atoms with E-state index in [1.807, 2.05) is 28.8 Å². The van der Waals surface area contributed by atoms with Crippen LogP contribution in [0, 0.1) is 0 Å². The van der Waals surface area contributed by atoms with E-state index in [1.54, 1.807) is 12.1 Å². The molecule has 0 amide bonds. The molecule has 3 aromatic rings. The van der Waals surface area contributed by atoms with E-state index in [4.69, 9.17) is 9.84 Å². The van der Waals surface area contributed by atoms with Crippen LogP contribution in [0.25, 0.3) is 5.65 Å². The Hall–Kier alpha value is -2.67. The second kappa shape index (κ2) is 5.70. The normalized spacial score (nSPS) is 21.0. The van der Waals surface area contributed by atoms with E-state index in [1.165, 1.54) is 12.8 Å². The van der Waals surface area contributed by atoms with E-state index in [2.05, 4.69) is 15.1 Å². The molecule has 0 radical (unpaired) electrons. The third-order valence-corrected chi connectivity index (χ3v) is 4.85. The van der Waals surface area contributed by atoms with Crippen molar-refractivity contribution in [3.63, 3.8) is 0 Å². The quantitative estimate of drug-likeness (QED) is 0.790. The van der Waals surface area contributed by atoms with E-state index in [0.717, 1.165) is 29.4 Å². The van der Waals surface area contributed by atoms with Crippen molar-refractivity contribution >= 4 is 11.5 Å². The number of hydrogen-bond acceptors (Lipinski definition) is 6. The van der Waals surface area contributed by atoms with Crippen LogP contribution in [0.5, 0.6) is 5.75 Å². The lowest BCUT2D eigenvalue weighted by Gasteiger charge is -2.33. The summed E-state index contributed by atoms with van der Waals surface area (Å²) in [5.74, 6) is 2.64. The Morgan fingerprint density at radius 1 is 1.12 bits per heavy atom. The minimum Gasteiger partial charge on any atom is -0.508 e. The molecule has 2 fully saturated rings. The van der Waals surface area contributed by atoms with Crippen LogP contribution in [0.15, 0.2) is 36.4 Å². The van der Waals surface area contributed by atoms with Gasteiger partial charge in [0.15, 0.2) is 11.5 Å². The SMILES string of the molecule is Oc1cccc([C@H]2CN(c3ccc4nnc(C5CC5)n4n3)CCO2)c1. The minimum atomic E-state index is -0.0813. The van der Waals surface area contributed by atoms with Gasteiger partial charge in [0, 0.05) is 19.0 Å². The lowest BCUT2D eigenvalue weighted by Crippen LogP contribution is -2.39. The van der Waals surface area contributed by atoms with Crippen LogP contribution < -0.4 is 4.90 Å². The number of ether oxygens (including phenoxy) is 1. The number of aromatic nitrogens is 4. The molecular formula is C18H19N5O2. The average Bonchev–Trinajstić information content (AvgIpc) is 3.40. The number of hydrogen-bond donors (Lipinski definition) is 1. The van der Waals surface area contributed by atoms with Crippen molar-refractivity contribution in [2.24, 2.45) is 0 Å². The highest BCUT2D eigenvalue weighted by molar-refractivity contribution is 5.47. The molecule has 0 unspecified atom stereocenters. The zero-order valence-electron chi connectivity index (χ0n) is 13.7. The number of rotatable bonds is 3. The molecular weight excluding hydrogens is 318 g/mol. The van der Waals surface area contributed by atoms with Gasteiger partial charge in [-0.3, -0.25) is 0 Å². The number of benzene rings is 1. The summed E-state index contributed by atoms with van der Waals surface area (Å²) in [4.78, 5) is 2.22. The molecule has 1 aliphatic heterocycles. The fraction of sp³-hybridized carbons (Fsp3) is 0.389. The first-order chi connectivity index (χ1) is 12.3. The maximum Gasteiger partial charge on any atom is 0.178 e. The summed E-state index contributed by atoms with van der Waals surface area (Å²) >= 11 is 0. The monoisotopic (exact) mass is 337 g/mol. The number of nitrogens with zero attached hydrogens (tertiary/aromatic N) is 5. The number of aromatic hydroxyl groups is 1. The van der Waals surface area contributed by atoms with Crippen molar-refractivity contribution in [1.29, 1.82) is 0 Å². The summed E-state index contributed by atoms with van der Waals surface area (Å²) in [7, 11) is 0. The zero-order valence-corrected chi connectivity index (χ0v) is 13.7. The van der Waals surface area contributed by atoms with Crippen molar-refractivity contribution in [2.75, 3.05) is 24.6 Å². The predicted molar refractivity (Wildman–Crippen MR) is 91.8 cm³/mol. The first-order valence-corrected chi connectivity index (χ1v) is 8.66. The Bertz CT molecular complexity index is 921. The van der Waals surface area contributed by atoms with E-state index in [0.29, 0.717) is 19.1 Å². The molecule has 1 atom stereocenters. The predicted octanol–water partition coefficient (Wildman–Crippen LogP) is 2.29. The Balaban J connectivity index is 1.44. The highest BCUT2D eigenvalue weighted by Crippen LogP contribution is 2.38. The van der Waals surface area contributed by atoms with Gasteiger partial charge in [0.25, 0.3) is 0 Å². The minimum absolute atomic E-state index is 0.0813. The summed E-state index contributed by atoms with van der Waals surface area (Å²) in [5, 5.41) is 23.0.